The standard InChI is InChI=1S/C31H39AsN5O9/c1-4-5-14-45-31(44)36-12-10-35(11-13-36)30(43)22(8-9-28(40)41)32-29(42)24-17-25(21-7-6-19(2)15-23(21)33-24)46-18-27(39)37-20(3)16-26(38)34-37/h6-7,15,17,20,22H,4-5,8-14,16,18H2,1-3H3,(H,34,38)(H,40,41)/t20?,22-/m0/s1. The van der Waals surface area contributed by atoms with Gasteiger partial charge in [0.15, 0.2) is 0 Å². The number of carboxylic acid groups (broad SMARTS) is 1. The number of nitrogens with one attached hydrogen (secondary N) is 1. The molecule has 2 aliphatic heterocycles. The number of rotatable bonds is 13. The summed E-state index contributed by atoms with van der Waals surface area (Å²) in [5, 5.41) is 11.1. The Bertz CT molecular complexity index is 1490. The summed E-state index contributed by atoms with van der Waals surface area (Å²) in [6.07, 6.45) is 1.13. The predicted octanol–water partition coefficient (Wildman–Crippen LogP) is 2.15. The number of carboxylic acids is 1. The topological polar surface area (TPSA) is 176 Å². The van der Waals surface area contributed by atoms with Crippen molar-refractivity contribution in [2.45, 2.75) is 63.6 Å². The SMILES string of the molecule is CCCCOC(=O)N1CCN(C(=O)[C@H](CCC(=O)O)[As]C(=O)c2cc(OCC(=O)N3NC(=O)CC3C)c3ccc(C)cc3n2)CC1. The number of unbranched alkanes of at least 4 members (excludes halogenated alkanes) is 1. The summed E-state index contributed by atoms with van der Waals surface area (Å²) >= 11 is -1.38. The van der Waals surface area contributed by atoms with Crippen LogP contribution in [0.15, 0.2) is 24.3 Å². The number of carbonyl (C=O) groups excluding carboxylic acids is 5. The van der Waals surface area contributed by atoms with E-state index in [0.29, 0.717) is 17.5 Å². The molecule has 4 amide bonds. The van der Waals surface area contributed by atoms with Crippen LogP contribution in [0.5, 0.6) is 5.75 Å². The number of fused-ring (bicyclic) bond motifs is 1. The Balaban J connectivity index is 1.48. The van der Waals surface area contributed by atoms with Crippen molar-refractivity contribution in [3.63, 3.8) is 0 Å². The molecule has 2 N–H and O–H groups in total. The zero-order valence-electron chi connectivity index (χ0n) is 26.2. The molecule has 15 heteroatoms. The van der Waals surface area contributed by atoms with Gasteiger partial charge in [-0.2, -0.15) is 0 Å². The number of aromatic nitrogens is 1. The van der Waals surface area contributed by atoms with Crippen molar-refractivity contribution in [1.82, 2.24) is 25.2 Å². The summed E-state index contributed by atoms with van der Waals surface area (Å²) in [5.41, 5.74) is 3.91. The predicted molar refractivity (Wildman–Crippen MR) is 166 cm³/mol. The van der Waals surface area contributed by atoms with Gasteiger partial charge in [0.25, 0.3) is 0 Å². The van der Waals surface area contributed by atoms with Crippen LogP contribution < -0.4 is 10.2 Å². The second-order valence-electron chi connectivity index (χ2n) is 11.3. The third kappa shape index (κ3) is 8.96. The first-order valence-corrected chi connectivity index (χ1v) is 17.3. The molecule has 0 aliphatic carbocycles. The van der Waals surface area contributed by atoms with E-state index in [1.807, 2.05) is 19.9 Å². The molecule has 3 heterocycles. The number of nitrogens with zero attached hydrogens (tertiary/aromatic N) is 4. The fraction of sp³-hybridized carbons (Fsp3) is 0.516. The van der Waals surface area contributed by atoms with Gasteiger partial charge in [0, 0.05) is 0 Å². The van der Waals surface area contributed by atoms with E-state index < -0.39 is 49.6 Å². The van der Waals surface area contributed by atoms with Gasteiger partial charge in [-0.15, -0.1) is 0 Å². The van der Waals surface area contributed by atoms with Crippen LogP contribution in [0.2, 0.25) is 4.71 Å². The third-order valence-electron chi connectivity index (χ3n) is 7.70. The normalized spacial score (nSPS) is 17.3. The zero-order chi connectivity index (χ0) is 33.4. The van der Waals surface area contributed by atoms with E-state index in [1.54, 1.807) is 24.0 Å². The second kappa shape index (κ2) is 15.9. The van der Waals surface area contributed by atoms with Gasteiger partial charge >= 0.3 is 274 Å². The molecule has 46 heavy (non-hydrogen) atoms. The maximum absolute atomic E-state index is 13.7. The summed E-state index contributed by atoms with van der Waals surface area (Å²) in [7, 11) is 0. The Kier molecular flexibility index (Phi) is 12.0. The number of hydrogen-bond donors (Lipinski definition) is 2. The number of aliphatic carboxylic acids is 1. The maximum atomic E-state index is 13.7. The zero-order valence-corrected chi connectivity index (χ0v) is 28.1. The summed E-state index contributed by atoms with van der Waals surface area (Å²) in [5.74, 6) is -1.87. The molecule has 0 spiro atoms. The first-order valence-electron chi connectivity index (χ1n) is 15.3. The Labute approximate surface area is 273 Å². The number of hydrazine groups is 1. The molecule has 2 atom stereocenters. The Hall–Kier alpha value is -4.19. The summed E-state index contributed by atoms with van der Waals surface area (Å²) in [4.78, 5) is 83.2. The fourth-order valence-electron chi connectivity index (χ4n) is 5.13. The molecule has 2 fully saturated rings. The minimum atomic E-state index is -1.38. The van der Waals surface area contributed by atoms with E-state index in [0.717, 1.165) is 18.4 Å². The van der Waals surface area contributed by atoms with E-state index in [2.05, 4.69) is 10.4 Å². The first kappa shape index (κ1) is 34.7. The summed E-state index contributed by atoms with van der Waals surface area (Å²) in [6, 6.07) is 6.51. The van der Waals surface area contributed by atoms with Crippen molar-refractivity contribution in [3.05, 3.63) is 35.5 Å². The van der Waals surface area contributed by atoms with Crippen LogP contribution in [0.3, 0.4) is 0 Å². The van der Waals surface area contributed by atoms with Gasteiger partial charge in [0.2, 0.25) is 0 Å². The number of ether oxygens (including phenoxy) is 2. The summed E-state index contributed by atoms with van der Waals surface area (Å²) < 4.78 is 9.92. The average molecular weight is 701 g/mol. The van der Waals surface area contributed by atoms with Crippen molar-refractivity contribution in [2.75, 3.05) is 39.4 Å². The van der Waals surface area contributed by atoms with Crippen LogP contribution in [-0.2, 0) is 23.9 Å². The van der Waals surface area contributed by atoms with Gasteiger partial charge in [-0.05, 0) is 0 Å². The fourth-order valence-corrected chi connectivity index (χ4v) is 7.36. The van der Waals surface area contributed by atoms with Crippen LogP contribution in [0.4, 0.5) is 4.79 Å². The van der Waals surface area contributed by atoms with Gasteiger partial charge in [-0.1, -0.05) is 0 Å². The molecular weight excluding hydrogens is 661 g/mol. The Morgan fingerprint density at radius 1 is 1.11 bits per heavy atom. The van der Waals surface area contributed by atoms with Gasteiger partial charge in [0.05, 0.1) is 0 Å². The van der Waals surface area contributed by atoms with Crippen LogP contribution >= 0.6 is 0 Å². The molecule has 2 aliphatic rings. The van der Waals surface area contributed by atoms with Crippen molar-refractivity contribution >= 4 is 61.0 Å². The van der Waals surface area contributed by atoms with Crippen molar-refractivity contribution < 1.29 is 43.3 Å². The number of pyridine rings is 1. The number of carbonyl (C=O) groups is 6. The van der Waals surface area contributed by atoms with E-state index in [1.165, 1.54) is 16.0 Å². The third-order valence-corrected chi connectivity index (χ3v) is 10.3. The summed E-state index contributed by atoms with van der Waals surface area (Å²) in [6.45, 7) is 6.59. The number of benzene rings is 1. The van der Waals surface area contributed by atoms with Gasteiger partial charge in [-0.3, -0.25) is 0 Å². The number of amides is 4. The molecule has 14 nitrogen and oxygen atoms in total. The Morgan fingerprint density at radius 2 is 1.83 bits per heavy atom. The Morgan fingerprint density at radius 3 is 2.48 bits per heavy atom. The van der Waals surface area contributed by atoms with E-state index in [-0.39, 0.29) is 74.7 Å². The molecule has 1 aromatic carbocycles. The monoisotopic (exact) mass is 700 g/mol. The van der Waals surface area contributed by atoms with Crippen LogP contribution in [0.1, 0.15) is 62.0 Å². The molecule has 1 radical (unpaired) electrons. The van der Waals surface area contributed by atoms with Crippen LogP contribution in [0.25, 0.3) is 10.9 Å². The molecule has 0 saturated carbocycles. The first-order chi connectivity index (χ1) is 22.0. The van der Waals surface area contributed by atoms with Crippen molar-refractivity contribution in [3.8, 4) is 5.75 Å². The van der Waals surface area contributed by atoms with E-state index in [9.17, 15) is 33.9 Å². The van der Waals surface area contributed by atoms with Crippen LogP contribution in [-0.4, -0.2) is 120 Å². The number of hydrogen-bond acceptors (Lipinski definition) is 9. The van der Waals surface area contributed by atoms with Crippen molar-refractivity contribution in [2.24, 2.45) is 0 Å². The number of piperazine rings is 1. The quantitative estimate of drug-likeness (QED) is 0.233. The molecule has 2 aromatic rings. The molecule has 1 unspecified atom stereocenters. The van der Waals surface area contributed by atoms with E-state index in [4.69, 9.17) is 9.47 Å². The molecule has 247 valence electrons. The molecule has 1 aromatic heterocycles. The minimum absolute atomic E-state index is 0.0104. The van der Waals surface area contributed by atoms with Gasteiger partial charge in [0.1, 0.15) is 0 Å². The second-order valence-corrected chi connectivity index (χ2v) is 14.0. The van der Waals surface area contributed by atoms with E-state index >= 15 is 0 Å². The number of aryl methyl sites for hydroxylation is 1. The molecule has 0 bridgehead atoms. The average Bonchev–Trinajstić information content (AvgIpc) is 3.38. The van der Waals surface area contributed by atoms with Crippen LogP contribution in [0, 0.1) is 6.92 Å². The molecule has 2 saturated heterocycles. The van der Waals surface area contributed by atoms with Gasteiger partial charge < -0.3 is 0 Å². The van der Waals surface area contributed by atoms with Crippen molar-refractivity contribution in [1.29, 1.82) is 0 Å². The molecular formula is C31H39AsN5O9. The molecule has 4 rings (SSSR count). The van der Waals surface area contributed by atoms with Gasteiger partial charge in [-0.25, -0.2) is 0 Å².